The number of halogens is 1. The summed E-state index contributed by atoms with van der Waals surface area (Å²) in [7, 11) is 3.98. The van der Waals surface area contributed by atoms with Crippen molar-refractivity contribution in [3.63, 3.8) is 0 Å². The summed E-state index contributed by atoms with van der Waals surface area (Å²) in [4.78, 5) is 10.9. The van der Waals surface area contributed by atoms with Gasteiger partial charge >= 0.3 is 0 Å². The number of nitrogens with one attached hydrogen (secondary N) is 1. The predicted molar refractivity (Wildman–Crippen MR) is 97.2 cm³/mol. The molecule has 1 aliphatic carbocycles. The third-order valence-electron chi connectivity index (χ3n) is 3.29. The van der Waals surface area contributed by atoms with Crippen LogP contribution in [0.5, 0.6) is 0 Å². The van der Waals surface area contributed by atoms with Crippen molar-refractivity contribution < 1.29 is 0 Å². The van der Waals surface area contributed by atoms with Crippen LogP contribution in [-0.2, 0) is 6.54 Å². The zero-order chi connectivity index (χ0) is 13.7. The van der Waals surface area contributed by atoms with E-state index in [9.17, 15) is 0 Å². The molecule has 1 heterocycles. The van der Waals surface area contributed by atoms with Crippen molar-refractivity contribution in [3.8, 4) is 0 Å². The van der Waals surface area contributed by atoms with E-state index < -0.39 is 0 Å². The molecular weight excluding hydrogens is 385 g/mol. The number of nitrogens with zero attached hydrogens (tertiary/aromatic N) is 3. The van der Waals surface area contributed by atoms with E-state index in [1.54, 1.807) is 11.3 Å². The Labute approximate surface area is 142 Å². The number of hydrogen-bond donors (Lipinski definition) is 2. The molecule has 0 bridgehead atoms. The quantitative estimate of drug-likeness (QED) is 0.456. The lowest BCUT2D eigenvalue weighted by atomic mass is 9.96. The fourth-order valence-corrected chi connectivity index (χ4v) is 2.99. The van der Waals surface area contributed by atoms with Crippen LogP contribution in [0, 0.1) is 0 Å². The average Bonchev–Trinajstić information content (AvgIpc) is 2.86. The van der Waals surface area contributed by atoms with Crippen LogP contribution in [-0.4, -0.2) is 31.1 Å². The number of guanidine groups is 1. The molecule has 1 aromatic rings. The Morgan fingerprint density at radius 2 is 2.15 bits per heavy atom. The summed E-state index contributed by atoms with van der Waals surface area (Å²) >= 11 is 1.63. The van der Waals surface area contributed by atoms with Crippen molar-refractivity contribution >= 4 is 46.4 Å². The maximum Gasteiger partial charge on any atom is 0.189 e. The van der Waals surface area contributed by atoms with Crippen molar-refractivity contribution in [2.75, 3.05) is 19.0 Å². The minimum Gasteiger partial charge on any atom is -0.370 e. The van der Waals surface area contributed by atoms with Crippen LogP contribution in [0.2, 0.25) is 0 Å². The first-order valence-electron chi connectivity index (χ1n) is 6.83. The maximum atomic E-state index is 5.92. The smallest absolute Gasteiger partial charge is 0.189 e. The Kier molecular flexibility index (Phi) is 7.57. The summed E-state index contributed by atoms with van der Waals surface area (Å²) in [6.45, 7) is 0.551. The lowest BCUT2D eigenvalue weighted by Crippen LogP contribution is -2.41. The lowest BCUT2D eigenvalue weighted by molar-refractivity contribution is 0.412. The first-order valence-corrected chi connectivity index (χ1v) is 7.71. The van der Waals surface area contributed by atoms with Crippen molar-refractivity contribution in [2.45, 2.75) is 44.7 Å². The highest BCUT2D eigenvalue weighted by Crippen LogP contribution is 2.19. The average molecular weight is 409 g/mol. The fourth-order valence-electron chi connectivity index (χ4n) is 2.24. The predicted octanol–water partition coefficient (Wildman–Crippen LogP) is 2.56. The number of nitrogens with two attached hydrogens (primary N) is 1. The summed E-state index contributed by atoms with van der Waals surface area (Å²) in [5.41, 5.74) is 6.90. The number of anilines is 1. The first-order chi connectivity index (χ1) is 9.15. The molecule has 114 valence electrons. The second-order valence-electron chi connectivity index (χ2n) is 5.20. The second-order valence-corrected chi connectivity index (χ2v) is 6.03. The fraction of sp³-hybridized carbons (Fsp3) is 0.692. The molecule has 7 heteroatoms. The normalized spacial score (nSPS) is 16.6. The Bertz CT molecular complexity index is 426. The largest absolute Gasteiger partial charge is 0.370 e. The van der Waals surface area contributed by atoms with Gasteiger partial charge in [0.05, 0.1) is 12.2 Å². The van der Waals surface area contributed by atoms with E-state index in [1.807, 2.05) is 24.4 Å². The molecule has 1 aliphatic rings. The molecule has 0 amide bonds. The molecule has 0 spiro atoms. The standard InChI is InChI=1S/C13H23N5S.HI/c1-18(2)13-17-11(9-19-13)8-15-12(14)16-10-6-4-3-5-7-10;/h9-10H,3-8H2,1-2H3,(H3,14,15,16);1H. The van der Waals surface area contributed by atoms with E-state index in [2.05, 4.69) is 15.3 Å². The Hall–Kier alpha value is -0.570. The number of thiazole rings is 1. The van der Waals surface area contributed by atoms with Gasteiger partial charge in [0.25, 0.3) is 0 Å². The molecule has 0 unspecified atom stereocenters. The van der Waals surface area contributed by atoms with Crippen molar-refractivity contribution in [2.24, 2.45) is 10.7 Å². The van der Waals surface area contributed by atoms with Gasteiger partial charge < -0.3 is 16.0 Å². The molecule has 0 atom stereocenters. The van der Waals surface area contributed by atoms with Crippen LogP contribution >= 0.6 is 35.3 Å². The highest BCUT2D eigenvalue weighted by atomic mass is 127. The molecular formula is C13H24IN5S. The molecule has 5 nitrogen and oxygen atoms in total. The summed E-state index contributed by atoms with van der Waals surface area (Å²) < 4.78 is 0. The third-order valence-corrected chi connectivity index (χ3v) is 4.35. The van der Waals surface area contributed by atoms with Gasteiger partial charge in [-0.1, -0.05) is 19.3 Å². The molecule has 0 aliphatic heterocycles. The van der Waals surface area contributed by atoms with E-state index in [0.29, 0.717) is 18.5 Å². The summed E-state index contributed by atoms with van der Waals surface area (Å²) in [6.07, 6.45) is 6.35. The second kappa shape index (κ2) is 8.66. The summed E-state index contributed by atoms with van der Waals surface area (Å²) in [6, 6.07) is 0.505. The number of hydrogen-bond acceptors (Lipinski definition) is 4. The van der Waals surface area contributed by atoms with Crippen molar-refractivity contribution in [1.29, 1.82) is 0 Å². The molecule has 0 aromatic carbocycles. The van der Waals surface area contributed by atoms with Gasteiger partial charge in [-0.15, -0.1) is 35.3 Å². The lowest BCUT2D eigenvalue weighted by Gasteiger charge is -2.23. The van der Waals surface area contributed by atoms with Gasteiger partial charge in [0.15, 0.2) is 11.1 Å². The van der Waals surface area contributed by atoms with Gasteiger partial charge in [-0.2, -0.15) is 0 Å². The molecule has 20 heavy (non-hydrogen) atoms. The van der Waals surface area contributed by atoms with E-state index in [4.69, 9.17) is 5.73 Å². The highest BCUT2D eigenvalue weighted by Gasteiger charge is 2.13. The molecule has 1 aromatic heterocycles. The van der Waals surface area contributed by atoms with Gasteiger partial charge in [-0.25, -0.2) is 9.98 Å². The topological polar surface area (TPSA) is 66.5 Å². The monoisotopic (exact) mass is 409 g/mol. The zero-order valence-electron chi connectivity index (χ0n) is 12.1. The molecule has 0 radical (unpaired) electrons. The van der Waals surface area contributed by atoms with Gasteiger partial charge in [0, 0.05) is 25.5 Å². The van der Waals surface area contributed by atoms with Crippen LogP contribution < -0.4 is 16.0 Å². The van der Waals surface area contributed by atoms with Gasteiger partial charge in [0.1, 0.15) is 0 Å². The molecule has 1 fully saturated rings. The minimum atomic E-state index is 0. The van der Waals surface area contributed by atoms with Gasteiger partial charge in [0.2, 0.25) is 0 Å². The van der Waals surface area contributed by atoms with Gasteiger partial charge in [-0.3, -0.25) is 0 Å². The molecule has 0 saturated heterocycles. The van der Waals surface area contributed by atoms with Crippen LogP contribution in [0.15, 0.2) is 10.4 Å². The van der Waals surface area contributed by atoms with E-state index in [0.717, 1.165) is 10.8 Å². The van der Waals surface area contributed by atoms with E-state index >= 15 is 0 Å². The Morgan fingerprint density at radius 1 is 1.45 bits per heavy atom. The van der Waals surface area contributed by atoms with Crippen LogP contribution in [0.4, 0.5) is 5.13 Å². The van der Waals surface area contributed by atoms with Crippen molar-refractivity contribution in [3.05, 3.63) is 11.1 Å². The van der Waals surface area contributed by atoms with E-state index in [-0.39, 0.29) is 24.0 Å². The summed E-state index contributed by atoms with van der Waals surface area (Å²) in [5, 5.41) is 6.35. The Morgan fingerprint density at radius 3 is 2.75 bits per heavy atom. The zero-order valence-corrected chi connectivity index (χ0v) is 15.3. The first kappa shape index (κ1) is 17.5. The summed E-state index contributed by atoms with van der Waals surface area (Å²) in [5.74, 6) is 0.548. The van der Waals surface area contributed by atoms with Crippen molar-refractivity contribution in [1.82, 2.24) is 10.3 Å². The molecule has 3 N–H and O–H groups in total. The van der Waals surface area contributed by atoms with Crippen LogP contribution in [0.1, 0.15) is 37.8 Å². The van der Waals surface area contributed by atoms with Crippen LogP contribution in [0.3, 0.4) is 0 Å². The third kappa shape index (κ3) is 5.43. The molecule has 2 rings (SSSR count). The number of aromatic nitrogens is 1. The van der Waals surface area contributed by atoms with E-state index in [1.165, 1.54) is 32.1 Å². The Balaban J connectivity index is 0.00000200. The van der Waals surface area contributed by atoms with Crippen LogP contribution in [0.25, 0.3) is 0 Å². The number of rotatable bonds is 4. The number of aliphatic imine (C=N–C) groups is 1. The minimum absolute atomic E-state index is 0. The van der Waals surface area contributed by atoms with Gasteiger partial charge in [-0.05, 0) is 12.8 Å². The molecule has 1 saturated carbocycles. The highest BCUT2D eigenvalue weighted by molar-refractivity contribution is 14.0. The maximum absolute atomic E-state index is 5.92. The SMILES string of the molecule is CN(C)c1nc(CN=C(N)NC2CCCCC2)cs1.I.